The number of benzene rings is 1. The molecule has 16 heavy (non-hydrogen) atoms. The van der Waals surface area contributed by atoms with Crippen molar-refractivity contribution in [2.45, 2.75) is 11.5 Å². The van der Waals surface area contributed by atoms with Crippen molar-refractivity contribution in [1.82, 2.24) is 0 Å². The molecule has 1 aromatic carbocycles. The van der Waals surface area contributed by atoms with E-state index in [4.69, 9.17) is 10.00 Å². The fourth-order valence-corrected chi connectivity index (χ4v) is 1.69. The molecule has 0 unspecified atom stereocenters. The molecule has 0 aliphatic rings. The van der Waals surface area contributed by atoms with Crippen molar-refractivity contribution in [1.29, 1.82) is 5.26 Å². The first-order valence-electron chi connectivity index (χ1n) is 4.18. The lowest BCUT2D eigenvalue weighted by atomic mass is 10.0. The molecule has 86 valence electrons. The summed E-state index contributed by atoms with van der Waals surface area (Å²) in [5.41, 5.74) is -1.08. The van der Waals surface area contributed by atoms with Crippen molar-refractivity contribution in [2.24, 2.45) is 0 Å². The van der Waals surface area contributed by atoms with E-state index in [2.05, 4.69) is 15.9 Å². The van der Waals surface area contributed by atoms with Gasteiger partial charge in [-0.1, -0.05) is 15.9 Å². The number of methoxy groups -OCH3 is 1. The molecular formula is C10H7BrF3NO. The molecule has 0 aromatic heterocycles. The smallest absolute Gasteiger partial charge is 0.417 e. The molecule has 0 spiro atoms. The molecule has 0 radical (unpaired) electrons. The van der Waals surface area contributed by atoms with Gasteiger partial charge in [0.15, 0.2) is 0 Å². The highest BCUT2D eigenvalue weighted by atomic mass is 79.9. The lowest BCUT2D eigenvalue weighted by Gasteiger charge is -2.13. The first-order valence-corrected chi connectivity index (χ1v) is 5.30. The summed E-state index contributed by atoms with van der Waals surface area (Å²) in [5, 5.41) is 8.91. The third-order valence-corrected chi connectivity index (χ3v) is 2.59. The summed E-state index contributed by atoms with van der Waals surface area (Å²) in [4.78, 5) is 0. The standard InChI is InChI=1S/C10H7BrF3NO/c1-16-7-2-6(4-11)8(5-15)9(3-7)10(12,13)14/h2-3H,4H2,1H3. The minimum Gasteiger partial charge on any atom is -0.497 e. The number of halogens is 4. The fourth-order valence-electron chi connectivity index (χ4n) is 1.25. The zero-order chi connectivity index (χ0) is 12.3. The Morgan fingerprint density at radius 1 is 1.44 bits per heavy atom. The van der Waals surface area contributed by atoms with Gasteiger partial charge in [-0.2, -0.15) is 18.4 Å². The van der Waals surface area contributed by atoms with Gasteiger partial charge in [0.1, 0.15) is 11.8 Å². The van der Waals surface area contributed by atoms with Crippen molar-refractivity contribution < 1.29 is 17.9 Å². The van der Waals surface area contributed by atoms with Gasteiger partial charge in [0.25, 0.3) is 0 Å². The Bertz CT molecular complexity index is 437. The van der Waals surface area contributed by atoms with Crippen LogP contribution in [0.15, 0.2) is 12.1 Å². The first kappa shape index (κ1) is 12.8. The predicted octanol–water partition coefficient (Wildman–Crippen LogP) is 3.48. The number of alkyl halides is 4. The minimum absolute atomic E-state index is 0.0841. The van der Waals surface area contributed by atoms with E-state index in [1.165, 1.54) is 13.2 Å². The summed E-state index contributed by atoms with van der Waals surface area (Å²) in [6.07, 6.45) is -4.56. The monoisotopic (exact) mass is 293 g/mol. The molecule has 0 fully saturated rings. The summed E-state index contributed by atoms with van der Waals surface area (Å²) in [6, 6.07) is 3.80. The van der Waals surface area contributed by atoms with Crippen molar-refractivity contribution in [3.05, 3.63) is 28.8 Å². The molecule has 0 aliphatic heterocycles. The quantitative estimate of drug-likeness (QED) is 0.782. The topological polar surface area (TPSA) is 33.0 Å². The van der Waals surface area contributed by atoms with Crippen LogP contribution in [-0.4, -0.2) is 7.11 Å². The molecule has 6 heteroatoms. The third kappa shape index (κ3) is 2.47. The minimum atomic E-state index is -4.56. The van der Waals surface area contributed by atoms with Crippen molar-refractivity contribution in [2.75, 3.05) is 7.11 Å². The molecule has 1 aromatic rings. The van der Waals surface area contributed by atoms with Crippen LogP contribution in [0.2, 0.25) is 0 Å². The lowest BCUT2D eigenvalue weighted by Crippen LogP contribution is -2.10. The molecule has 0 aliphatic carbocycles. The van der Waals surface area contributed by atoms with E-state index in [1.54, 1.807) is 6.07 Å². The summed E-state index contributed by atoms with van der Waals surface area (Å²) in [7, 11) is 1.28. The van der Waals surface area contributed by atoms with Crippen LogP contribution in [0, 0.1) is 11.3 Å². The Morgan fingerprint density at radius 3 is 2.44 bits per heavy atom. The Kier molecular flexibility index (Phi) is 3.81. The molecule has 0 bridgehead atoms. The second-order valence-electron chi connectivity index (χ2n) is 2.95. The SMILES string of the molecule is COc1cc(CBr)c(C#N)c(C(F)(F)F)c1. The molecule has 0 amide bonds. The van der Waals surface area contributed by atoms with E-state index in [0.717, 1.165) is 6.07 Å². The first-order chi connectivity index (χ1) is 7.43. The molecule has 0 heterocycles. The summed E-state index contributed by atoms with van der Waals surface area (Å²) in [6.45, 7) is 0. The van der Waals surface area contributed by atoms with Gasteiger partial charge in [0, 0.05) is 5.33 Å². The lowest BCUT2D eigenvalue weighted by molar-refractivity contribution is -0.137. The van der Waals surface area contributed by atoms with E-state index in [-0.39, 0.29) is 22.2 Å². The van der Waals surface area contributed by atoms with Crippen LogP contribution < -0.4 is 4.74 Å². The van der Waals surface area contributed by atoms with Gasteiger partial charge in [-0.3, -0.25) is 0 Å². The Hall–Kier alpha value is -1.22. The normalized spacial score (nSPS) is 11.0. The van der Waals surface area contributed by atoms with E-state index in [0.29, 0.717) is 0 Å². The van der Waals surface area contributed by atoms with Crippen LogP contribution in [0.5, 0.6) is 5.75 Å². The predicted molar refractivity (Wildman–Crippen MR) is 55.3 cm³/mol. The Morgan fingerprint density at radius 2 is 2.06 bits per heavy atom. The van der Waals surface area contributed by atoms with Crippen LogP contribution >= 0.6 is 15.9 Å². The van der Waals surface area contributed by atoms with Gasteiger partial charge in [-0.05, 0) is 17.7 Å². The van der Waals surface area contributed by atoms with E-state index < -0.39 is 11.7 Å². The number of nitriles is 1. The highest BCUT2D eigenvalue weighted by Gasteiger charge is 2.35. The van der Waals surface area contributed by atoms with Crippen molar-refractivity contribution in [3.63, 3.8) is 0 Å². The maximum Gasteiger partial charge on any atom is 0.417 e. The molecule has 0 saturated carbocycles. The summed E-state index contributed by atoms with van der Waals surface area (Å²) in [5.74, 6) is 0.0841. The van der Waals surface area contributed by atoms with Crippen LogP contribution in [0.25, 0.3) is 0 Å². The summed E-state index contributed by atoms with van der Waals surface area (Å²) < 4.78 is 42.7. The maximum atomic E-state index is 12.6. The van der Waals surface area contributed by atoms with E-state index in [9.17, 15) is 13.2 Å². The average molecular weight is 294 g/mol. The molecule has 0 atom stereocenters. The third-order valence-electron chi connectivity index (χ3n) is 1.99. The maximum absolute atomic E-state index is 12.6. The fraction of sp³-hybridized carbons (Fsp3) is 0.300. The second-order valence-corrected chi connectivity index (χ2v) is 3.51. The summed E-state index contributed by atoms with van der Waals surface area (Å²) >= 11 is 3.04. The zero-order valence-corrected chi connectivity index (χ0v) is 9.82. The average Bonchev–Trinajstić information content (AvgIpc) is 2.25. The molecular weight excluding hydrogens is 287 g/mol. The number of hydrogen-bond acceptors (Lipinski definition) is 2. The van der Waals surface area contributed by atoms with Gasteiger partial charge >= 0.3 is 6.18 Å². The van der Waals surface area contributed by atoms with Gasteiger partial charge in [-0.15, -0.1) is 0 Å². The van der Waals surface area contributed by atoms with Crippen LogP contribution in [0.3, 0.4) is 0 Å². The number of rotatable bonds is 2. The van der Waals surface area contributed by atoms with Crippen molar-refractivity contribution >= 4 is 15.9 Å². The van der Waals surface area contributed by atoms with E-state index in [1.807, 2.05) is 0 Å². The van der Waals surface area contributed by atoms with E-state index >= 15 is 0 Å². The van der Waals surface area contributed by atoms with Crippen LogP contribution in [0.4, 0.5) is 13.2 Å². The van der Waals surface area contributed by atoms with Gasteiger partial charge in [-0.25, -0.2) is 0 Å². The Labute approximate surface area is 98.8 Å². The highest BCUT2D eigenvalue weighted by molar-refractivity contribution is 9.08. The second kappa shape index (κ2) is 4.74. The molecule has 1 rings (SSSR count). The highest BCUT2D eigenvalue weighted by Crippen LogP contribution is 2.36. The number of nitrogens with zero attached hydrogens (tertiary/aromatic N) is 1. The molecule has 0 saturated heterocycles. The van der Waals surface area contributed by atoms with Crippen LogP contribution in [0.1, 0.15) is 16.7 Å². The Balaban J connectivity index is 3.51. The number of hydrogen-bond donors (Lipinski definition) is 0. The van der Waals surface area contributed by atoms with Gasteiger partial charge in [0.2, 0.25) is 0 Å². The molecule has 0 N–H and O–H groups in total. The van der Waals surface area contributed by atoms with Gasteiger partial charge in [0.05, 0.1) is 18.2 Å². The largest absolute Gasteiger partial charge is 0.497 e. The van der Waals surface area contributed by atoms with Crippen LogP contribution in [-0.2, 0) is 11.5 Å². The number of ether oxygens (including phenoxy) is 1. The van der Waals surface area contributed by atoms with Crippen molar-refractivity contribution in [3.8, 4) is 11.8 Å². The molecule has 2 nitrogen and oxygen atoms in total. The zero-order valence-electron chi connectivity index (χ0n) is 8.23. The van der Waals surface area contributed by atoms with Gasteiger partial charge < -0.3 is 4.74 Å².